The Morgan fingerprint density at radius 1 is 1.43 bits per heavy atom. The Morgan fingerprint density at radius 3 is 3.00 bits per heavy atom. The third-order valence-electron chi connectivity index (χ3n) is 2.45. The second kappa shape index (κ2) is 4.89. The van der Waals surface area contributed by atoms with Crippen LogP contribution in [-0.4, -0.2) is 18.1 Å². The molecule has 0 bridgehead atoms. The lowest BCUT2D eigenvalue weighted by molar-refractivity contribution is -0.136. The largest absolute Gasteiger partial charge is 0.465 e. The summed E-state index contributed by atoms with van der Waals surface area (Å²) in [6.45, 7) is 0.830. The van der Waals surface area contributed by atoms with E-state index in [1.807, 2.05) is 6.08 Å². The lowest BCUT2D eigenvalue weighted by atomic mass is 10.1. The molecule has 78 valence electrons. The van der Waals surface area contributed by atoms with Crippen LogP contribution in [0, 0.1) is 0 Å². The summed E-state index contributed by atoms with van der Waals surface area (Å²) in [7, 11) is 0. The van der Waals surface area contributed by atoms with Crippen LogP contribution in [0.2, 0.25) is 0 Å². The molecule has 1 aliphatic carbocycles. The van der Waals surface area contributed by atoms with Crippen molar-refractivity contribution in [3.05, 3.63) is 24.0 Å². The fourth-order valence-corrected chi connectivity index (χ4v) is 1.82. The molecule has 1 aliphatic heterocycles. The molecule has 0 N–H and O–H groups in total. The second-order valence-corrected chi connectivity index (χ2v) is 4.35. The van der Waals surface area contributed by atoms with E-state index < -0.39 is 0 Å². The highest BCUT2D eigenvalue weighted by Gasteiger charge is 2.16. The van der Waals surface area contributed by atoms with Crippen LogP contribution in [0.1, 0.15) is 25.7 Å². The SMILES string of the molecule is SC1C=CC(OC2CCCCO2)=CC1. The first-order valence-corrected chi connectivity index (χ1v) is 5.71. The average Bonchev–Trinajstić information content (AvgIpc) is 2.23. The van der Waals surface area contributed by atoms with Crippen molar-refractivity contribution in [2.24, 2.45) is 0 Å². The predicted octanol–water partition coefficient (Wildman–Crippen LogP) is 2.67. The zero-order valence-corrected chi connectivity index (χ0v) is 9.08. The van der Waals surface area contributed by atoms with Crippen molar-refractivity contribution in [1.82, 2.24) is 0 Å². The van der Waals surface area contributed by atoms with Crippen molar-refractivity contribution < 1.29 is 9.47 Å². The molecule has 0 aromatic carbocycles. The molecular formula is C11H16O2S. The summed E-state index contributed by atoms with van der Waals surface area (Å²) in [4.78, 5) is 0. The average molecular weight is 212 g/mol. The molecule has 2 unspecified atom stereocenters. The number of rotatable bonds is 2. The molecule has 1 heterocycles. The van der Waals surface area contributed by atoms with E-state index in [0.717, 1.165) is 31.6 Å². The molecule has 0 saturated carbocycles. The predicted molar refractivity (Wildman–Crippen MR) is 59.3 cm³/mol. The Morgan fingerprint density at radius 2 is 2.36 bits per heavy atom. The van der Waals surface area contributed by atoms with E-state index in [4.69, 9.17) is 9.47 Å². The molecule has 2 rings (SSSR count). The first-order valence-electron chi connectivity index (χ1n) is 5.19. The van der Waals surface area contributed by atoms with Crippen LogP contribution in [-0.2, 0) is 9.47 Å². The topological polar surface area (TPSA) is 18.5 Å². The molecule has 14 heavy (non-hydrogen) atoms. The summed E-state index contributed by atoms with van der Waals surface area (Å²) < 4.78 is 11.2. The van der Waals surface area contributed by atoms with Crippen molar-refractivity contribution >= 4 is 12.6 Å². The van der Waals surface area contributed by atoms with Crippen molar-refractivity contribution in [2.75, 3.05) is 6.61 Å². The Balaban J connectivity index is 1.82. The van der Waals surface area contributed by atoms with Gasteiger partial charge in [0.2, 0.25) is 0 Å². The van der Waals surface area contributed by atoms with E-state index in [1.165, 1.54) is 6.42 Å². The Labute approximate surface area is 90.4 Å². The standard InChI is InChI=1S/C11H16O2S/c14-10-6-4-9(5-7-10)13-11-3-1-2-8-12-11/h4-6,10-11,14H,1-3,7-8H2. The van der Waals surface area contributed by atoms with Gasteiger partial charge in [0.1, 0.15) is 5.76 Å². The summed E-state index contributed by atoms with van der Waals surface area (Å²) in [5.41, 5.74) is 0. The highest BCUT2D eigenvalue weighted by Crippen LogP contribution is 2.21. The van der Waals surface area contributed by atoms with Crippen molar-refractivity contribution in [3.63, 3.8) is 0 Å². The van der Waals surface area contributed by atoms with Crippen LogP contribution in [0.25, 0.3) is 0 Å². The van der Waals surface area contributed by atoms with E-state index in [0.29, 0.717) is 5.25 Å². The first-order chi connectivity index (χ1) is 6.84. The Bertz CT molecular complexity index is 242. The smallest absolute Gasteiger partial charge is 0.199 e. The van der Waals surface area contributed by atoms with Crippen LogP contribution in [0.15, 0.2) is 24.0 Å². The number of ether oxygens (including phenoxy) is 2. The molecule has 3 heteroatoms. The molecule has 2 atom stereocenters. The lowest BCUT2D eigenvalue weighted by Gasteiger charge is -2.24. The van der Waals surface area contributed by atoms with Gasteiger partial charge in [-0.1, -0.05) is 6.08 Å². The fraction of sp³-hybridized carbons (Fsp3) is 0.636. The highest BCUT2D eigenvalue weighted by atomic mass is 32.1. The minimum atomic E-state index is -0.0314. The fourth-order valence-electron chi connectivity index (χ4n) is 1.63. The minimum Gasteiger partial charge on any atom is -0.465 e. The van der Waals surface area contributed by atoms with Gasteiger partial charge < -0.3 is 9.47 Å². The van der Waals surface area contributed by atoms with Gasteiger partial charge >= 0.3 is 0 Å². The van der Waals surface area contributed by atoms with E-state index in [1.54, 1.807) is 0 Å². The maximum Gasteiger partial charge on any atom is 0.199 e. The second-order valence-electron chi connectivity index (χ2n) is 3.68. The molecule has 0 spiro atoms. The van der Waals surface area contributed by atoms with Crippen LogP contribution in [0.4, 0.5) is 0 Å². The van der Waals surface area contributed by atoms with Gasteiger partial charge in [0.05, 0.1) is 6.61 Å². The van der Waals surface area contributed by atoms with Crippen LogP contribution in [0.5, 0.6) is 0 Å². The van der Waals surface area contributed by atoms with E-state index in [-0.39, 0.29) is 6.29 Å². The van der Waals surface area contributed by atoms with Crippen molar-refractivity contribution in [1.29, 1.82) is 0 Å². The minimum absolute atomic E-state index is 0.0314. The summed E-state index contributed by atoms with van der Waals surface area (Å²) in [6, 6.07) is 0. The molecule has 1 fully saturated rings. The van der Waals surface area contributed by atoms with Gasteiger partial charge in [-0.15, -0.1) is 0 Å². The Hall–Kier alpha value is -0.410. The molecule has 0 radical (unpaired) electrons. The number of allylic oxidation sites excluding steroid dienone is 2. The zero-order chi connectivity index (χ0) is 9.80. The molecule has 1 saturated heterocycles. The summed E-state index contributed by atoms with van der Waals surface area (Å²) >= 11 is 4.35. The van der Waals surface area contributed by atoms with E-state index >= 15 is 0 Å². The van der Waals surface area contributed by atoms with Crippen molar-refractivity contribution in [3.8, 4) is 0 Å². The number of thiol groups is 1. The van der Waals surface area contributed by atoms with Gasteiger partial charge in [-0.2, -0.15) is 12.6 Å². The monoisotopic (exact) mass is 212 g/mol. The quantitative estimate of drug-likeness (QED) is 0.709. The van der Waals surface area contributed by atoms with Gasteiger partial charge in [0.15, 0.2) is 6.29 Å². The van der Waals surface area contributed by atoms with Gasteiger partial charge in [-0.25, -0.2) is 0 Å². The number of hydrogen-bond acceptors (Lipinski definition) is 3. The van der Waals surface area contributed by atoms with Crippen molar-refractivity contribution in [2.45, 2.75) is 37.2 Å². The summed E-state index contributed by atoms with van der Waals surface area (Å²) in [5, 5.41) is 0.342. The first kappa shape index (κ1) is 10.1. The maximum absolute atomic E-state index is 5.70. The zero-order valence-electron chi connectivity index (χ0n) is 8.19. The third-order valence-corrected chi connectivity index (χ3v) is 2.83. The van der Waals surface area contributed by atoms with Crippen LogP contribution in [0.3, 0.4) is 0 Å². The molecule has 2 nitrogen and oxygen atoms in total. The van der Waals surface area contributed by atoms with Gasteiger partial charge in [0.25, 0.3) is 0 Å². The molecular weight excluding hydrogens is 196 g/mol. The van der Waals surface area contributed by atoms with E-state index in [9.17, 15) is 0 Å². The summed E-state index contributed by atoms with van der Waals surface area (Å²) in [5.74, 6) is 0.933. The normalized spacial score (nSPS) is 32.5. The number of hydrogen-bond donors (Lipinski definition) is 1. The van der Waals surface area contributed by atoms with Gasteiger partial charge in [0, 0.05) is 11.7 Å². The van der Waals surface area contributed by atoms with Crippen LogP contribution < -0.4 is 0 Å². The molecule has 0 amide bonds. The summed E-state index contributed by atoms with van der Waals surface area (Å²) in [6.07, 6.45) is 10.4. The molecule has 2 aliphatic rings. The lowest BCUT2D eigenvalue weighted by Crippen LogP contribution is -2.22. The van der Waals surface area contributed by atoms with Gasteiger partial charge in [-0.3, -0.25) is 0 Å². The molecule has 0 aromatic rings. The van der Waals surface area contributed by atoms with E-state index in [2.05, 4.69) is 24.8 Å². The maximum atomic E-state index is 5.70. The highest BCUT2D eigenvalue weighted by molar-refractivity contribution is 7.81. The van der Waals surface area contributed by atoms with Crippen LogP contribution >= 0.6 is 12.6 Å². The Kier molecular flexibility index (Phi) is 3.54. The molecule has 0 aromatic heterocycles. The third kappa shape index (κ3) is 2.79. The van der Waals surface area contributed by atoms with Gasteiger partial charge in [-0.05, 0) is 31.4 Å².